The molecule has 2 rings (SSSR count). The van der Waals surface area contributed by atoms with Gasteiger partial charge in [-0.05, 0) is 54.9 Å². The van der Waals surface area contributed by atoms with E-state index < -0.39 is 0 Å². The fraction of sp³-hybridized carbons (Fsp3) is 0.600. The molecule has 1 aliphatic rings. The van der Waals surface area contributed by atoms with Crippen LogP contribution >= 0.6 is 15.9 Å². The number of benzene rings is 1. The molecule has 0 aromatic heterocycles. The minimum absolute atomic E-state index is 0.166. The molecule has 2 atom stereocenters. The molecule has 2 unspecified atom stereocenters. The summed E-state index contributed by atoms with van der Waals surface area (Å²) >= 11 is 3.47. The van der Waals surface area contributed by atoms with Gasteiger partial charge in [0.1, 0.15) is 5.82 Å². The Kier molecular flexibility index (Phi) is 4.79. The van der Waals surface area contributed by atoms with Crippen LogP contribution in [0.1, 0.15) is 38.7 Å². The summed E-state index contributed by atoms with van der Waals surface area (Å²) < 4.78 is 14.2. The summed E-state index contributed by atoms with van der Waals surface area (Å²) in [5.74, 6) is 1.42. The fourth-order valence-electron chi connectivity index (χ4n) is 3.05. The van der Waals surface area contributed by atoms with Crippen molar-refractivity contribution in [2.24, 2.45) is 11.8 Å². The number of halogens is 2. The van der Waals surface area contributed by atoms with Crippen LogP contribution < -0.4 is 5.32 Å². The van der Waals surface area contributed by atoms with Crippen molar-refractivity contribution in [3.05, 3.63) is 34.1 Å². The quantitative estimate of drug-likeness (QED) is 0.866. The van der Waals surface area contributed by atoms with Crippen LogP contribution in [0.25, 0.3) is 0 Å². The van der Waals surface area contributed by atoms with Crippen molar-refractivity contribution in [3.63, 3.8) is 0 Å². The third-order valence-electron chi connectivity index (χ3n) is 3.77. The second-order valence-electron chi connectivity index (χ2n) is 5.73. The van der Waals surface area contributed by atoms with Crippen molar-refractivity contribution < 1.29 is 4.39 Å². The molecule has 1 aromatic carbocycles. The fourth-order valence-corrected chi connectivity index (χ4v) is 3.43. The van der Waals surface area contributed by atoms with E-state index in [1.54, 1.807) is 12.1 Å². The Morgan fingerprint density at radius 2 is 1.89 bits per heavy atom. The molecule has 0 radical (unpaired) electrons. The Morgan fingerprint density at radius 1 is 1.22 bits per heavy atom. The summed E-state index contributed by atoms with van der Waals surface area (Å²) in [5.41, 5.74) is 1.00. The van der Waals surface area contributed by atoms with E-state index in [-0.39, 0.29) is 5.82 Å². The molecule has 100 valence electrons. The molecule has 0 spiro atoms. The Morgan fingerprint density at radius 3 is 2.56 bits per heavy atom. The molecule has 18 heavy (non-hydrogen) atoms. The molecule has 1 nitrogen and oxygen atoms in total. The zero-order chi connectivity index (χ0) is 13.1. The average molecular weight is 314 g/mol. The molecule has 0 heterocycles. The smallest absolute Gasteiger partial charge is 0.123 e. The SMILES string of the molecule is CC1CC(C)CC(NCc2cc(F)ccc2Br)C1. The molecule has 3 heteroatoms. The number of rotatable bonds is 3. The lowest BCUT2D eigenvalue weighted by Crippen LogP contribution is -2.36. The highest BCUT2D eigenvalue weighted by Gasteiger charge is 2.23. The van der Waals surface area contributed by atoms with Gasteiger partial charge < -0.3 is 5.32 Å². The third kappa shape index (κ3) is 3.79. The first-order chi connectivity index (χ1) is 8.54. The van der Waals surface area contributed by atoms with Gasteiger partial charge in [0.25, 0.3) is 0 Å². The van der Waals surface area contributed by atoms with Gasteiger partial charge in [-0.3, -0.25) is 0 Å². The minimum atomic E-state index is -0.166. The van der Waals surface area contributed by atoms with Crippen LogP contribution in [0.15, 0.2) is 22.7 Å². The van der Waals surface area contributed by atoms with Crippen molar-refractivity contribution in [3.8, 4) is 0 Å². The Hall–Kier alpha value is -0.410. The van der Waals surface area contributed by atoms with Gasteiger partial charge in [-0.1, -0.05) is 29.8 Å². The van der Waals surface area contributed by atoms with E-state index in [9.17, 15) is 4.39 Å². The highest BCUT2D eigenvalue weighted by atomic mass is 79.9. The van der Waals surface area contributed by atoms with Crippen molar-refractivity contribution in [1.82, 2.24) is 5.32 Å². The van der Waals surface area contributed by atoms with E-state index in [1.165, 1.54) is 25.3 Å². The van der Waals surface area contributed by atoms with Crippen LogP contribution in [0.4, 0.5) is 4.39 Å². The lowest BCUT2D eigenvalue weighted by atomic mass is 9.80. The van der Waals surface area contributed by atoms with Crippen molar-refractivity contribution in [2.75, 3.05) is 0 Å². The molecular formula is C15H21BrFN. The van der Waals surface area contributed by atoms with Gasteiger partial charge in [0.2, 0.25) is 0 Å². The predicted octanol–water partition coefficient (Wildman–Crippen LogP) is 4.50. The van der Waals surface area contributed by atoms with Gasteiger partial charge in [0, 0.05) is 17.1 Å². The summed E-state index contributed by atoms with van der Waals surface area (Å²) in [6.45, 7) is 5.38. The van der Waals surface area contributed by atoms with E-state index in [2.05, 4.69) is 35.1 Å². The maximum atomic E-state index is 13.2. The Bertz CT molecular complexity index is 397. The zero-order valence-corrected chi connectivity index (χ0v) is 12.6. The lowest BCUT2D eigenvalue weighted by molar-refractivity contribution is 0.238. The first-order valence-corrected chi connectivity index (χ1v) is 7.51. The van der Waals surface area contributed by atoms with E-state index in [4.69, 9.17) is 0 Å². The molecule has 1 saturated carbocycles. The van der Waals surface area contributed by atoms with Crippen LogP contribution in [0.3, 0.4) is 0 Å². The molecule has 0 saturated heterocycles. The van der Waals surface area contributed by atoms with Crippen molar-refractivity contribution in [1.29, 1.82) is 0 Å². The van der Waals surface area contributed by atoms with Gasteiger partial charge in [-0.25, -0.2) is 4.39 Å². The zero-order valence-electron chi connectivity index (χ0n) is 11.0. The highest BCUT2D eigenvalue weighted by Crippen LogP contribution is 2.29. The number of hydrogen-bond acceptors (Lipinski definition) is 1. The first kappa shape index (κ1) is 14.0. The Labute approximate surface area is 117 Å². The normalized spacial score (nSPS) is 28.3. The Balaban J connectivity index is 1.92. The molecule has 0 amide bonds. The van der Waals surface area contributed by atoms with Crippen LogP contribution in [-0.2, 0) is 6.54 Å². The average Bonchev–Trinajstić information content (AvgIpc) is 2.29. The highest BCUT2D eigenvalue weighted by molar-refractivity contribution is 9.10. The summed E-state index contributed by atoms with van der Waals surface area (Å²) in [5, 5.41) is 3.57. The van der Waals surface area contributed by atoms with E-state index >= 15 is 0 Å². The molecule has 1 aromatic rings. The lowest BCUT2D eigenvalue weighted by Gasteiger charge is -2.32. The second kappa shape index (κ2) is 6.16. The van der Waals surface area contributed by atoms with Crippen LogP contribution in [0, 0.1) is 17.7 Å². The maximum Gasteiger partial charge on any atom is 0.123 e. The van der Waals surface area contributed by atoms with Gasteiger partial charge >= 0.3 is 0 Å². The summed E-state index contributed by atoms with van der Waals surface area (Å²) in [6.07, 6.45) is 3.80. The summed E-state index contributed by atoms with van der Waals surface area (Å²) in [7, 11) is 0. The summed E-state index contributed by atoms with van der Waals surface area (Å²) in [6, 6.07) is 5.43. The van der Waals surface area contributed by atoms with Gasteiger partial charge in [0.15, 0.2) is 0 Å². The molecule has 1 N–H and O–H groups in total. The van der Waals surface area contributed by atoms with E-state index in [0.717, 1.165) is 28.4 Å². The first-order valence-electron chi connectivity index (χ1n) is 6.72. The third-order valence-corrected chi connectivity index (χ3v) is 4.54. The largest absolute Gasteiger partial charge is 0.310 e. The molecule has 0 bridgehead atoms. The number of hydrogen-bond donors (Lipinski definition) is 1. The topological polar surface area (TPSA) is 12.0 Å². The van der Waals surface area contributed by atoms with E-state index in [1.807, 2.05) is 0 Å². The maximum absolute atomic E-state index is 13.2. The van der Waals surface area contributed by atoms with Gasteiger partial charge in [0.05, 0.1) is 0 Å². The van der Waals surface area contributed by atoms with Crippen LogP contribution in [0.2, 0.25) is 0 Å². The standard InChI is InChI=1S/C15H21BrFN/c1-10-5-11(2)7-14(6-10)18-9-12-8-13(17)3-4-15(12)16/h3-4,8,10-11,14,18H,5-7,9H2,1-2H3. The molecular weight excluding hydrogens is 293 g/mol. The number of nitrogens with one attached hydrogen (secondary N) is 1. The summed E-state index contributed by atoms with van der Waals surface area (Å²) in [4.78, 5) is 0. The van der Waals surface area contributed by atoms with Crippen LogP contribution in [-0.4, -0.2) is 6.04 Å². The van der Waals surface area contributed by atoms with E-state index in [0.29, 0.717) is 6.04 Å². The van der Waals surface area contributed by atoms with Crippen molar-refractivity contribution in [2.45, 2.75) is 45.7 Å². The molecule has 1 aliphatic carbocycles. The second-order valence-corrected chi connectivity index (χ2v) is 6.59. The monoisotopic (exact) mass is 313 g/mol. The minimum Gasteiger partial charge on any atom is -0.310 e. The van der Waals surface area contributed by atoms with Gasteiger partial charge in [-0.2, -0.15) is 0 Å². The molecule has 0 aliphatic heterocycles. The van der Waals surface area contributed by atoms with Gasteiger partial charge in [-0.15, -0.1) is 0 Å². The molecule has 1 fully saturated rings. The van der Waals surface area contributed by atoms with Crippen LogP contribution in [0.5, 0.6) is 0 Å². The van der Waals surface area contributed by atoms with Crippen molar-refractivity contribution >= 4 is 15.9 Å². The predicted molar refractivity (Wildman–Crippen MR) is 76.9 cm³/mol.